The molecule has 24 heavy (non-hydrogen) atoms. The first-order valence-electron chi connectivity index (χ1n) is 7.68. The van der Waals surface area contributed by atoms with Gasteiger partial charge in [-0.2, -0.15) is 0 Å². The van der Waals surface area contributed by atoms with E-state index >= 15 is 0 Å². The number of nitrogens with one attached hydrogen (secondary N) is 1. The van der Waals surface area contributed by atoms with Crippen molar-refractivity contribution in [1.82, 2.24) is 4.90 Å². The van der Waals surface area contributed by atoms with Gasteiger partial charge < -0.3 is 15.3 Å². The molecule has 0 heterocycles. The number of aliphatic hydroxyl groups excluding tert-OH is 1. The Balaban J connectivity index is 2.12. The lowest BCUT2D eigenvalue weighted by molar-refractivity contribution is -0.143. The molecule has 5 nitrogen and oxygen atoms in total. The molecule has 2 aromatic carbocycles. The molecule has 0 bridgehead atoms. The van der Waals surface area contributed by atoms with E-state index in [0.717, 1.165) is 9.79 Å². The van der Waals surface area contributed by atoms with Gasteiger partial charge in [-0.1, -0.05) is 42.1 Å². The van der Waals surface area contributed by atoms with Crippen LogP contribution in [0.15, 0.2) is 64.4 Å². The molecule has 0 aliphatic heterocycles. The van der Waals surface area contributed by atoms with E-state index in [1.807, 2.05) is 42.5 Å². The average Bonchev–Trinajstić information content (AvgIpc) is 2.61. The number of aliphatic hydroxyl groups is 1. The molecule has 0 spiro atoms. The molecule has 0 saturated heterocycles. The van der Waals surface area contributed by atoms with Gasteiger partial charge >= 0.3 is 11.8 Å². The van der Waals surface area contributed by atoms with Gasteiger partial charge in [0.25, 0.3) is 0 Å². The van der Waals surface area contributed by atoms with Crippen LogP contribution in [0, 0.1) is 0 Å². The molecule has 0 aliphatic rings. The lowest BCUT2D eigenvalue weighted by Gasteiger charge is -2.19. The molecule has 2 aromatic rings. The number of anilines is 1. The van der Waals surface area contributed by atoms with E-state index in [0.29, 0.717) is 12.2 Å². The number of para-hydroxylation sites is 1. The van der Waals surface area contributed by atoms with Crippen LogP contribution in [0.25, 0.3) is 0 Å². The zero-order valence-corrected chi connectivity index (χ0v) is 14.3. The molecule has 6 heteroatoms. The number of hydrogen-bond donors (Lipinski definition) is 2. The first-order valence-corrected chi connectivity index (χ1v) is 8.50. The number of benzene rings is 2. The standard InChI is InChI=1S/C18H20N2O3S/c1-2-20(12-13-21)18(23)17(22)19-15-10-6-7-11-16(15)24-14-8-4-3-5-9-14/h3-11,21H,2,12-13H2,1H3,(H,19,22). The highest BCUT2D eigenvalue weighted by atomic mass is 32.2. The lowest BCUT2D eigenvalue weighted by atomic mass is 10.3. The minimum absolute atomic E-state index is 0.142. The van der Waals surface area contributed by atoms with Crippen molar-refractivity contribution in [2.75, 3.05) is 25.0 Å². The fourth-order valence-electron chi connectivity index (χ4n) is 2.12. The van der Waals surface area contributed by atoms with Gasteiger partial charge in [0.1, 0.15) is 0 Å². The van der Waals surface area contributed by atoms with Crippen LogP contribution in [0.1, 0.15) is 6.92 Å². The van der Waals surface area contributed by atoms with Crippen molar-refractivity contribution >= 4 is 29.3 Å². The molecule has 2 rings (SSSR count). The minimum Gasteiger partial charge on any atom is -0.395 e. The first kappa shape index (κ1) is 18.0. The Hall–Kier alpha value is -2.31. The van der Waals surface area contributed by atoms with Crippen LogP contribution in [-0.2, 0) is 9.59 Å². The summed E-state index contributed by atoms with van der Waals surface area (Å²) in [6.07, 6.45) is 0. The maximum atomic E-state index is 12.2. The summed E-state index contributed by atoms with van der Waals surface area (Å²) in [5.74, 6) is -1.35. The maximum absolute atomic E-state index is 12.2. The molecule has 2 amide bonds. The highest BCUT2D eigenvalue weighted by Crippen LogP contribution is 2.33. The van der Waals surface area contributed by atoms with Crippen molar-refractivity contribution in [2.24, 2.45) is 0 Å². The number of carbonyl (C=O) groups excluding carboxylic acids is 2. The first-order chi connectivity index (χ1) is 11.7. The number of nitrogens with zero attached hydrogens (tertiary/aromatic N) is 1. The Morgan fingerprint density at radius 1 is 1.08 bits per heavy atom. The SMILES string of the molecule is CCN(CCO)C(=O)C(=O)Nc1ccccc1Sc1ccccc1. The Morgan fingerprint density at radius 2 is 1.75 bits per heavy atom. The molecule has 0 aliphatic carbocycles. The summed E-state index contributed by atoms with van der Waals surface area (Å²) in [6, 6.07) is 17.1. The van der Waals surface area contributed by atoms with Gasteiger partial charge in [0, 0.05) is 22.9 Å². The zero-order chi connectivity index (χ0) is 17.4. The smallest absolute Gasteiger partial charge is 0.313 e. The number of amides is 2. The van der Waals surface area contributed by atoms with E-state index in [4.69, 9.17) is 5.11 Å². The highest BCUT2D eigenvalue weighted by Gasteiger charge is 2.21. The lowest BCUT2D eigenvalue weighted by Crippen LogP contribution is -2.41. The fraction of sp³-hybridized carbons (Fsp3) is 0.222. The Bertz CT molecular complexity index is 692. The van der Waals surface area contributed by atoms with Gasteiger partial charge in [0.15, 0.2) is 0 Å². The fourth-order valence-corrected chi connectivity index (χ4v) is 3.04. The average molecular weight is 344 g/mol. The summed E-state index contributed by atoms with van der Waals surface area (Å²) in [7, 11) is 0. The topological polar surface area (TPSA) is 69.6 Å². The van der Waals surface area contributed by atoms with Crippen molar-refractivity contribution in [2.45, 2.75) is 16.7 Å². The number of rotatable bonds is 6. The minimum atomic E-state index is -0.702. The summed E-state index contributed by atoms with van der Waals surface area (Å²) in [5.41, 5.74) is 0.588. The molecule has 2 N–H and O–H groups in total. The Morgan fingerprint density at radius 3 is 2.42 bits per heavy atom. The summed E-state index contributed by atoms with van der Waals surface area (Å²) < 4.78 is 0. The molecule has 0 fully saturated rings. The van der Waals surface area contributed by atoms with Crippen LogP contribution in [0.2, 0.25) is 0 Å². The number of carbonyl (C=O) groups is 2. The monoisotopic (exact) mass is 344 g/mol. The summed E-state index contributed by atoms with van der Waals surface area (Å²) in [4.78, 5) is 27.5. The van der Waals surface area contributed by atoms with Crippen LogP contribution >= 0.6 is 11.8 Å². The second-order valence-corrected chi connectivity index (χ2v) is 6.09. The van der Waals surface area contributed by atoms with Crippen molar-refractivity contribution in [3.63, 3.8) is 0 Å². The second-order valence-electron chi connectivity index (χ2n) is 4.97. The van der Waals surface area contributed by atoms with Crippen LogP contribution in [-0.4, -0.2) is 41.5 Å². The van der Waals surface area contributed by atoms with Gasteiger partial charge in [-0.3, -0.25) is 9.59 Å². The zero-order valence-electron chi connectivity index (χ0n) is 13.4. The van der Waals surface area contributed by atoms with Crippen LogP contribution in [0.4, 0.5) is 5.69 Å². The van der Waals surface area contributed by atoms with Crippen LogP contribution < -0.4 is 5.32 Å². The number of hydrogen-bond acceptors (Lipinski definition) is 4. The van der Waals surface area contributed by atoms with E-state index in [1.54, 1.807) is 19.1 Å². The molecule has 0 saturated carbocycles. The third-order valence-corrected chi connectivity index (χ3v) is 4.42. The van der Waals surface area contributed by atoms with Gasteiger partial charge in [-0.25, -0.2) is 0 Å². The maximum Gasteiger partial charge on any atom is 0.313 e. The third-order valence-electron chi connectivity index (χ3n) is 3.34. The van der Waals surface area contributed by atoms with E-state index in [-0.39, 0.29) is 13.2 Å². The predicted molar refractivity (Wildman–Crippen MR) is 95.0 cm³/mol. The summed E-state index contributed by atoms with van der Waals surface area (Å²) in [6.45, 7) is 2.10. The van der Waals surface area contributed by atoms with Crippen molar-refractivity contribution in [1.29, 1.82) is 0 Å². The van der Waals surface area contributed by atoms with Gasteiger partial charge in [0.05, 0.1) is 12.3 Å². The van der Waals surface area contributed by atoms with Crippen LogP contribution in [0.3, 0.4) is 0 Å². The normalized spacial score (nSPS) is 10.2. The molecule has 0 radical (unpaired) electrons. The Labute approximate surface area is 145 Å². The van der Waals surface area contributed by atoms with Gasteiger partial charge in [0.2, 0.25) is 0 Å². The highest BCUT2D eigenvalue weighted by molar-refractivity contribution is 7.99. The van der Waals surface area contributed by atoms with E-state index < -0.39 is 11.8 Å². The summed E-state index contributed by atoms with van der Waals surface area (Å²) >= 11 is 1.51. The van der Waals surface area contributed by atoms with Gasteiger partial charge in [-0.05, 0) is 31.2 Å². The molecular formula is C18H20N2O3S. The quantitative estimate of drug-likeness (QED) is 0.791. The summed E-state index contributed by atoms with van der Waals surface area (Å²) in [5, 5.41) is 11.6. The van der Waals surface area contributed by atoms with Crippen molar-refractivity contribution in [3.8, 4) is 0 Å². The van der Waals surface area contributed by atoms with E-state index in [9.17, 15) is 9.59 Å². The molecule has 126 valence electrons. The third kappa shape index (κ3) is 4.84. The predicted octanol–water partition coefficient (Wildman–Crippen LogP) is 2.62. The molecule has 0 aromatic heterocycles. The molecular weight excluding hydrogens is 324 g/mol. The van der Waals surface area contributed by atoms with E-state index in [1.165, 1.54) is 16.7 Å². The van der Waals surface area contributed by atoms with E-state index in [2.05, 4.69) is 5.32 Å². The second kappa shape index (κ2) is 9.10. The largest absolute Gasteiger partial charge is 0.395 e. The van der Waals surface area contributed by atoms with Gasteiger partial charge in [-0.15, -0.1) is 0 Å². The Kier molecular flexibility index (Phi) is 6.84. The van der Waals surface area contributed by atoms with Crippen molar-refractivity contribution < 1.29 is 14.7 Å². The molecule has 0 unspecified atom stereocenters. The van der Waals surface area contributed by atoms with Crippen molar-refractivity contribution in [3.05, 3.63) is 54.6 Å². The molecule has 0 atom stereocenters. The van der Waals surface area contributed by atoms with Crippen LogP contribution in [0.5, 0.6) is 0 Å². The number of likely N-dealkylation sites (N-methyl/N-ethyl adjacent to an activating group) is 1.